The Morgan fingerprint density at radius 1 is 1.88 bits per heavy atom. The highest BCUT2D eigenvalue weighted by Crippen LogP contribution is 2.08. The molecular formula is C6H10O2. The van der Waals surface area contributed by atoms with Gasteiger partial charge in [0.25, 0.3) is 0 Å². The molecule has 0 spiro atoms. The fourth-order valence-corrected chi connectivity index (χ4v) is 0.715. The van der Waals surface area contributed by atoms with Crippen molar-refractivity contribution in [2.75, 3.05) is 6.61 Å². The average Bonchev–Trinajstić information content (AvgIpc) is 1.64. The summed E-state index contributed by atoms with van der Waals surface area (Å²) in [4.78, 5) is 0. The Balaban J connectivity index is 2.50. The van der Waals surface area contributed by atoms with E-state index in [1.807, 2.05) is 6.92 Å². The van der Waals surface area contributed by atoms with E-state index in [1.54, 1.807) is 6.08 Å². The second kappa shape index (κ2) is 2.29. The number of hydrogen-bond acceptors (Lipinski definition) is 2. The highest BCUT2D eigenvalue weighted by Gasteiger charge is 2.05. The van der Waals surface area contributed by atoms with Crippen molar-refractivity contribution in [2.45, 2.75) is 19.6 Å². The van der Waals surface area contributed by atoms with Gasteiger partial charge in [-0.25, -0.2) is 0 Å². The van der Waals surface area contributed by atoms with Crippen molar-refractivity contribution in [1.82, 2.24) is 0 Å². The first-order valence-electron chi connectivity index (χ1n) is 2.76. The molecule has 0 saturated carbocycles. The zero-order chi connectivity index (χ0) is 5.98. The fourth-order valence-electron chi connectivity index (χ4n) is 0.715. The van der Waals surface area contributed by atoms with E-state index in [9.17, 15) is 0 Å². The van der Waals surface area contributed by atoms with Crippen LogP contribution in [0.1, 0.15) is 13.3 Å². The highest BCUT2D eigenvalue weighted by molar-refractivity contribution is 5.01. The van der Waals surface area contributed by atoms with E-state index in [0.29, 0.717) is 6.61 Å². The van der Waals surface area contributed by atoms with E-state index in [-0.39, 0.29) is 0 Å². The summed E-state index contributed by atoms with van der Waals surface area (Å²) in [7, 11) is 0. The zero-order valence-corrected chi connectivity index (χ0v) is 4.92. The third-order valence-corrected chi connectivity index (χ3v) is 1.21. The van der Waals surface area contributed by atoms with Gasteiger partial charge >= 0.3 is 0 Å². The third-order valence-electron chi connectivity index (χ3n) is 1.21. The Kier molecular flexibility index (Phi) is 1.65. The quantitative estimate of drug-likeness (QED) is 0.469. The lowest BCUT2D eigenvalue weighted by Gasteiger charge is -2.14. The lowest BCUT2D eigenvalue weighted by Crippen LogP contribution is -2.14. The van der Waals surface area contributed by atoms with E-state index in [4.69, 9.17) is 9.84 Å². The lowest BCUT2D eigenvalue weighted by atomic mass is 10.2. The molecule has 0 aromatic carbocycles. The Bertz CT molecular complexity index is 107. The van der Waals surface area contributed by atoms with Crippen LogP contribution in [0.3, 0.4) is 0 Å². The molecule has 0 aliphatic carbocycles. The van der Waals surface area contributed by atoms with Crippen molar-refractivity contribution >= 4 is 0 Å². The van der Waals surface area contributed by atoms with Crippen molar-refractivity contribution in [3.05, 3.63) is 11.6 Å². The van der Waals surface area contributed by atoms with E-state index in [2.05, 4.69) is 0 Å². The standard InChI is InChI=1S/C6H10O2/c1-5-2-3-8-6(7)4-5/h4,6-7H,2-3H2,1H3. The van der Waals surface area contributed by atoms with Crippen molar-refractivity contribution < 1.29 is 9.84 Å². The molecule has 8 heavy (non-hydrogen) atoms. The minimum atomic E-state index is -0.649. The predicted octanol–water partition coefficient (Wildman–Crippen LogP) is 0.671. The normalized spacial score (nSPS) is 29.8. The number of aliphatic hydroxyl groups excluding tert-OH is 1. The molecular weight excluding hydrogens is 104 g/mol. The maximum Gasteiger partial charge on any atom is 0.174 e. The molecule has 1 rings (SSSR count). The van der Waals surface area contributed by atoms with Crippen LogP contribution in [-0.2, 0) is 4.74 Å². The van der Waals surface area contributed by atoms with Gasteiger partial charge in [0.1, 0.15) is 0 Å². The van der Waals surface area contributed by atoms with Gasteiger partial charge in [-0.15, -0.1) is 0 Å². The Labute approximate surface area is 48.8 Å². The number of hydrogen-bond donors (Lipinski definition) is 1. The van der Waals surface area contributed by atoms with Gasteiger partial charge in [-0.3, -0.25) is 0 Å². The van der Waals surface area contributed by atoms with Gasteiger partial charge in [0, 0.05) is 0 Å². The summed E-state index contributed by atoms with van der Waals surface area (Å²) in [5.74, 6) is 0. The van der Waals surface area contributed by atoms with Crippen LogP contribution < -0.4 is 0 Å². The molecule has 0 aromatic rings. The molecule has 2 heteroatoms. The third kappa shape index (κ3) is 1.32. The second-order valence-corrected chi connectivity index (χ2v) is 2.02. The summed E-state index contributed by atoms with van der Waals surface area (Å²) in [6.07, 6.45) is 2.03. The van der Waals surface area contributed by atoms with E-state index >= 15 is 0 Å². The van der Waals surface area contributed by atoms with Crippen LogP contribution in [0.5, 0.6) is 0 Å². The van der Waals surface area contributed by atoms with Crippen LogP contribution in [-0.4, -0.2) is 18.0 Å². The van der Waals surface area contributed by atoms with E-state index in [0.717, 1.165) is 6.42 Å². The van der Waals surface area contributed by atoms with Crippen LogP contribution >= 0.6 is 0 Å². The summed E-state index contributed by atoms with van der Waals surface area (Å²) in [5, 5.41) is 8.78. The zero-order valence-electron chi connectivity index (χ0n) is 4.92. The Morgan fingerprint density at radius 2 is 2.62 bits per heavy atom. The minimum absolute atomic E-state index is 0.649. The van der Waals surface area contributed by atoms with Crippen molar-refractivity contribution in [3.63, 3.8) is 0 Å². The topological polar surface area (TPSA) is 29.5 Å². The average molecular weight is 114 g/mol. The first-order chi connectivity index (χ1) is 3.79. The molecule has 0 bridgehead atoms. The molecule has 0 aromatic heterocycles. The highest BCUT2D eigenvalue weighted by atomic mass is 16.6. The van der Waals surface area contributed by atoms with Gasteiger partial charge in [0.15, 0.2) is 6.29 Å². The molecule has 1 aliphatic rings. The van der Waals surface area contributed by atoms with Gasteiger partial charge in [0.05, 0.1) is 6.61 Å². The molecule has 1 unspecified atom stereocenters. The smallest absolute Gasteiger partial charge is 0.174 e. The summed E-state index contributed by atoms with van der Waals surface area (Å²) in [5.41, 5.74) is 1.21. The van der Waals surface area contributed by atoms with Gasteiger partial charge < -0.3 is 9.84 Å². The Morgan fingerprint density at radius 3 is 3.00 bits per heavy atom. The molecule has 1 N–H and O–H groups in total. The first-order valence-corrected chi connectivity index (χ1v) is 2.76. The number of rotatable bonds is 0. The maximum atomic E-state index is 8.78. The summed E-state index contributed by atoms with van der Waals surface area (Å²) >= 11 is 0. The molecule has 1 aliphatic heterocycles. The summed E-state index contributed by atoms with van der Waals surface area (Å²) in [6.45, 7) is 2.65. The van der Waals surface area contributed by atoms with Crippen LogP contribution in [0, 0.1) is 0 Å². The van der Waals surface area contributed by atoms with Gasteiger partial charge in [-0.2, -0.15) is 0 Å². The molecule has 46 valence electrons. The predicted molar refractivity (Wildman–Crippen MR) is 30.3 cm³/mol. The van der Waals surface area contributed by atoms with Crippen LogP contribution in [0.4, 0.5) is 0 Å². The van der Waals surface area contributed by atoms with Crippen LogP contribution in [0.15, 0.2) is 11.6 Å². The summed E-state index contributed by atoms with van der Waals surface area (Å²) in [6, 6.07) is 0. The first kappa shape index (κ1) is 5.79. The largest absolute Gasteiger partial charge is 0.365 e. The summed E-state index contributed by atoms with van der Waals surface area (Å²) < 4.78 is 4.83. The van der Waals surface area contributed by atoms with E-state index < -0.39 is 6.29 Å². The number of ether oxygens (including phenoxy) is 1. The maximum absolute atomic E-state index is 8.78. The second-order valence-electron chi connectivity index (χ2n) is 2.02. The van der Waals surface area contributed by atoms with E-state index in [1.165, 1.54) is 5.57 Å². The molecule has 1 heterocycles. The lowest BCUT2D eigenvalue weighted by molar-refractivity contribution is -0.0703. The van der Waals surface area contributed by atoms with Crippen LogP contribution in [0.25, 0.3) is 0 Å². The van der Waals surface area contributed by atoms with Gasteiger partial charge in [-0.05, 0) is 19.4 Å². The molecule has 0 amide bonds. The van der Waals surface area contributed by atoms with Gasteiger partial charge in [-0.1, -0.05) is 5.57 Å². The van der Waals surface area contributed by atoms with Gasteiger partial charge in [0.2, 0.25) is 0 Å². The van der Waals surface area contributed by atoms with Crippen LogP contribution in [0.2, 0.25) is 0 Å². The number of aliphatic hydroxyl groups is 1. The molecule has 0 radical (unpaired) electrons. The molecule has 0 saturated heterocycles. The Hall–Kier alpha value is -0.340. The molecule has 1 atom stereocenters. The van der Waals surface area contributed by atoms with Crippen molar-refractivity contribution in [1.29, 1.82) is 0 Å². The molecule has 2 nitrogen and oxygen atoms in total. The SMILES string of the molecule is CC1=CC(O)OCC1. The monoisotopic (exact) mass is 114 g/mol. The fraction of sp³-hybridized carbons (Fsp3) is 0.667. The van der Waals surface area contributed by atoms with Crippen molar-refractivity contribution in [3.8, 4) is 0 Å². The molecule has 0 fully saturated rings. The van der Waals surface area contributed by atoms with Crippen molar-refractivity contribution in [2.24, 2.45) is 0 Å². The minimum Gasteiger partial charge on any atom is -0.365 e.